The first-order valence-electron chi connectivity index (χ1n) is 9.16. The first-order valence-corrected chi connectivity index (χ1v) is 9.54. The summed E-state index contributed by atoms with van der Waals surface area (Å²) in [6.07, 6.45) is -1.99. The van der Waals surface area contributed by atoms with Crippen molar-refractivity contribution in [3.8, 4) is 0 Å². The van der Waals surface area contributed by atoms with Gasteiger partial charge >= 0.3 is 12.1 Å². The summed E-state index contributed by atoms with van der Waals surface area (Å²) < 4.78 is 40.5. The summed E-state index contributed by atoms with van der Waals surface area (Å²) in [5.74, 6) is -1.08. The molecule has 0 radical (unpaired) electrons. The van der Waals surface area contributed by atoms with Gasteiger partial charge in [-0.2, -0.15) is 13.2 Å². The van der Waals surface area contributed by atoms with Crippen molar-refractivity contribution in [1.29, 1.82) is 0 Å². The van der Waals surface area contributed by atoms with Gasteiger partial charge in [0, 0.05) is 11.9 Å². The Hall–Kier alpha value is -2.39. The van der Waals surface area contributed by atoms with Crippen molar-refractivity contribution < 1.29 is 23.1 Å². The third-order valence-corrected chi connectivity index (χ3v) is 5.61. The maximum atomic E-state index is 13.1. The van der Waals surface area contributed by atoms with Crippen molar-refractivity contribution in [3.63, 3.8) is 0 Å². The van der Waals surface area contributed by atoms with Gasteiger partial charge in [0.25, 0.3) is 0 Å². The molecule has 1 aromatic carbocycles. The molecule has 1 aliphatic heterocycles. The summed E-state index contributed by atoms with van der Waals surface area (Å²) >= 11 is 6.10. The predicted octanol–water partition coefficient (Wildman–Crippen LogP) is 4.10. The Labute approximate surface area is 168 Å². The number of halogens is 4. The molecule has 1 aliphatic rings. The van der Waals surface area contributed by atoms with Gasteiger partial charge in [-0.05, 0) is 43.6 Å². The van der Waals surface area contributed by atoms with E-state index in [1.165, 1.54) is 6.33 Å². The highest BCUT2D eigenvalue weighted by atomic mass is 35.5. The Kier molecular flexibility index (Phi) is 5.12. The Morgan fingerprint density at radius 3 is 2.62 bits per heavy atom. The highest BCUT2D eigenvalue weighted by Crippen LogP contribution is 2.34. The van der Waals surface area contributed by atoms with Crippen LogP contribution in [-0.2, 0) is 17.9 Å². The number of hydrogen-bond acceptors (Lipinski definition) is 4. The molecule has 6 nitrogen and oxygen atoms in total. The zero-order valence-electron chi connectivity index (χ0n) is 15.3. The number of piperidine rings is 1. The summed E-state index contributed by atoms with van der Waals surface area (Å²) in [6.45, 7) is 0.743. The molecule has 10 heteroatoms. The minimum Gasteiger partial charge on any atom is -0.481 e. The average Bonchev–Trinajstić information content (AvgIpc) is 2.95. The predicted molar refractivity (Wildman–Crippen MR) is 102 cm³/mol. The zero-order valence-corrected chi connectivity index (χ0v) is 16.0. The number of alkyl halides is 3. The van der Waals surface area contributed by atoms with Gasteiger partial charge in [-0.15, -0.1) is 0 Å². The van der Waals surface area contributed by atoms with Crippen molar-refractivity contribution in [1.82, 2.24) is 19.4 Å². The molecule has 2 aromatic heterocycles. The lowest BCUT2D eigenvalue weighted by atomic mass is 9.97. The van der Waals surface area contributed by atoms with Gasteiger partial charge in [0.1, 0.15) is 23.9 Å². The lowest BCUT2D eigenvalue weighted by molar-refractivity contribution is -0.143. The fraction of sp³-hybridized carbons (Fsp3) is 0.421. The summed E-state index contributed by atoms with van der Waals surface area (Å²) in [6, 6.07) is 5.27. The molecule has 1 N–H and O–H groups in total. The SMILES string of the molecule is O=C(O)C1CCN(Cc2ccc3c(c2)c2ncnc(Cl)c2n3CC(F)(F)F)CC1. The maximum Gasteiger partial charge on any atom is 0.406 e. The van der Waals surface area contributed by atoms with E-state index in [1.54, 1.807) is 12.1 Å². The molecule has 154 valence electrons. The number of rotatable bonds is 4. The Morgan fingerprint density at radius 1 is 1.24 bits per heavy atom. The third kappa shape index (κ3) is 4.02. The lowest BCUT2D eigenvalue weighted by Gasteiger charge is -2.30. The maximum absolute atomic E-state index is 13.1. The smallest absolute Gasteiger partial charge is 0.406 e. The monoisotopic (exact) mass is 426 g/mol. The molecule has 29 heavy (non-hydrogen) atoms. The summed E-state index contributed by atoms with van der Waals surface area (Å²) in [5.41, 5.74) is 1.87. The quantitative estimate of drug-likeness (QED) is 0.636. The van der Waals surface area contributed by atoms with Crippen LogP contribution in [0, 0.1) is 5.92 Å². The highest BCUT2D eigenvalue weighted by molar-refractivity contribution is 6.34. The summed E-state index contributed by atoms with van der Waals surface area (Å²) in [5, 5.41) is 9.68. The molecular formula is C19H18ClF3N4O2. The van der Waals surface area contributed by atoms with Gasteiger partial charge in [0.2, 0.25) is 0 Å². The number of fused-ring (bicyclic) bond motifs is 3. The molecule has 0 atom stereocenters. The fourth-order valence-electron chi connectivity index (χ4n) is 3.96. The van der Waals surface area contributed by atoms with Gasteiger partial charge in [-0.3, -0.25) is 9.69 Å². The van der Waals surface area contributed by atoms with Crippen molar-refractivity contribution in [2.24, 2.45) is 5.92 Å². The highest BCUT2D eigenvalue weighted by Gasteiger charge is 2.31. The van der Waals surface area contributed by atoms with Gasteiger partial charge in [0.15, 0.2) is 5.15 Å². The van der Waals surface area contributed by atoms with Gasteiger partial charge in [-0.1, -0.05) is 17.7 Å². The van der Waals surface area contributed by atoms with Gasteiger partial charge in [0.05, 0.1) is 11.4 Å². The Bertz CT molecular complexity index is 1070. The molecule has 0 aliphatic carbocycles. The van der Waals surface area contributed by atoms with E-state index in [4.69, 9.17) is 16.7 Å². The number of nitrogens with zero attached hydrogens (tertiary/aromatic N) is 4. The van der Waals surface area contributed by atoms with Crippen LogP contribution in [0.2, 0.25) is 5.15 Å². The minimum absolute atomic E-state index is 0.0206. The first kappa shape index (κ1) is 19.9. The molecule has 1 fully saturated rings. The van der Waals surface area contributed by atoms with E-state index in [2.05, 4.69) is 14.9 Å². The van der Waals surface area contributed by atoms with E-state index in [-0.39, 0.29) is 16.6 Å². The topological polar surface area (TPSA) is 71.2 Å². The van der Waals surface area contributed by atoms with E-state index in [0.29, 0.717) is 48.9 Å². The van der Waals surface area contributed by atoms with E-state index >= 15 is 0 Å². The van der Waals surface area contributed by atoms with Gasteiger partial charge in [-0.25, -0.2) is 9.97 Å². The van der Waals surface area contributed by atoms with Crippen LogP contribution in [0.5, 0.6) is 0 Å². The zero-order chi connectivity index (χ0) is 20.8. The molecule has 1 saturated heterocycles. The van der Waals surface area contributed by atoms with Crippen molar-refractivity contribution >= 4 is 39.5 Å². The van der Waals surface area contributed by atoms with Crippen LogP contribution in [0.15, 0.2) is 24.5 Å². The summed E-state index contributed by atoms with van der Waals surface area (Å²) in [7, 11) is 0. The van der Waals surface area contributed by atoms with E-state index in [0.717, 1.165) is 10.1 Å². The first-order chi connectivity index (χ1) is 13.7. The molecule has 0 unspecified atom stereocenters. The number of aliphatic carboxylic acids is 1. The molecule has 0 amide bonds. The van der Waals surface area contributed by atoms with Crippen molar-refractivity contribution in [2.75, 3.05) is 13.1 Å². The molecule has 3 aromatic rings. The second-order valence-corrected chi connectivity index (χ2v) is 7.66. The number of carboxylic acid groups (broad SMARTS) is 1. The number of hydrogen-bond donors (Lipinski definition) is 1. The number of benzene rings is 1. The number of carbonyl (C=O) groups is 1. The number of likely N-dealkylation sites (tertiary alicyclic amines) is 1. The molecule has 0 saturated carbocycles. The Balaban J connectivity index is 1.68. The number of carboxylic acids is 1. The lowest BCUT2D eigenvalue weighted by Crippen LogP contribution is -2.35. The standard InChI is InChI=1S/C19H18ClF3N4O2/c20-17-16-15(24-10-25-17)13-7-11(1-2-14(13)27(16)9-19(21,22)23)8-26-5-3-12(4-6-26)18(28)29/h1-2,7,10,12H,3-6,8-9H2,(H,28,29). The van der Waals surface area contributed by atoms with Crippen molar-refractivity contribution in [2.45, 2.75) is 32.1 Å². The molecule has 0 spiro atoms. The van der Waals surface area contributed by atoms with Gasteiger partial charge < -0.3 is 9.67 Å². The van der Waals surface area contributed by atoms with Crippen LogP contribution in [-0.4, -0.2) is 49.8 Å². The molecular weight excluding hydrogens is 409 g/mol. The third-order valence-electron chi connectivity index (χ3n) is 5.33. The van der Waals surface area contributed by atoms with Crippen LogP contribution < -0.4 is 0 Å². The summed E-state index contributed by atoms with van der Waals surface area (Å²) in [4.78, 5) is 21.3. The van der Waals surface area contributed by atoms with Crippen LogP contribution in [0.25, 0.3) is 21.9 Å². The molecule has 4 rings (SSSR count). The average molecular weight is 427 g/mol. The Morgan fingerprint density at radius 2 is 1.97 bits per heavy atom. The van der Waals surface area contributed by atoms with E-state index < -0.39 is 18.7 Å². The van der Waals surface area contributed by atoms with Crippen LogP contribution in [0.4, 0.5) is 13.2 Å². The fourth-order valence-corrected chi connectivity index (χ4v) is 4.20. The largest absolute Gasteiger partial charge is 0.481 e. The number of aromatic nitrogens is 3. The van der Waals surface area contributed by atoms with Crippen LogP contribution >= 0.6 is 11.6 Å². The molecule has 0 bridgehead atoms. The van der Waals surface area contributed by atoms with Crippen LogP contribution in [0.1, 0.15) is 18.4 Å². The van der Waals surface area contributed by atoms with E-state index in [9.17, 15) is 18.0 Å². The molecule has 3 heterocycles. The van der Waals surface area contributed by atoms with Crippen LogP contribution in [0.3, 0.4) is 0 Å². The minimum atomic E-state index is -4.41. The second kappa shape index (κ2) is 7.46. The van der Waals surface area contributed by atoms with Crippen molar-refractivity contribution in [3.05, 3.63) is 35.2 Å². The second-order valence-electron chi connectivity index (χ2n) is 7.30. The normalized spacial score (nSPS) is 16.7. The van der Waals surface area contributed by atoms with E-state index in [1.807, 2.05) is 6.07 Å².